The lowest BCUT2D eigenvalue weighted by molar-refractivity contribution is 0.407. The van der Waals surface area contributed by atoms with Crippen molar-refractivity contribution in [3.05, 3.63) is 53.1 Å². The first-order chi connectivity index (χ1) is 12.4. The summed E-state index contributed by atoms with van der Waals surface area (Å²) in [6.45, 7) is 4.22. The summed E-state index contributed by atoms with van der Waals surface area (Å²) in [7, 11) is -0.460. The molecule has 1 heterocycles. The second kappa shape index (κ2) is 7.50. The molecule has 1 aliphatic rings. The van der Waals surface area contributed by atoms with E-state index in [-0.39, 0.29) is 5.37 Å². The van der Waals surface area contributed by atoms with Gasteiger partial charge in [-0.1, -0.05) is 18.2 Å². The lowest BCUT2D eigenvalue weighted by atomic mass is 10.1. The van der Waals surface area contributed by atoms with E-state index in [0.29, 0.717) is 17.2 Å². The number of ether oxygens (including phenoxy) is 2. The molecule has 2 aromatic carbocycles. The van der Waals surface area contributed by atoms with E-state index < -0.39 is 10.0 Å². The molecule has 26 heavy (non-hydrogen) atoms. The van der Waals surface area contributed by atoms with Gasteiger partial charge in [0.25, 0.3) is 0 Å². The van der Waals surface area contributed by atoms with Crippen LogP contribution in [0.2, 0.25) is 0 Å². The Morgan fingerprint density at radius 1 is 1.04 bits per heavy atom. The minimum Gasteiger partial charge on any atom is -0.497 e. The van der Waals surface area contributed by atoms with Crippen molar-refractivity contribution in [1.29, 1.82) is 0 Å². The van der Waals surface area contributed by atoms with Crippen molar-refractivity contribution in [1.82, 2.24) is 4.31 Å². The predicted octanol–water partition coefficient (Wildman–Crippen LogP) is 3.76. The molecule has 0 saturated carbocycles. The zero-order valence-corrected chi connectivity index (χ0v) is 17.0. The molecule has 1 fully saturated rings. The number of hydrogen-bond donors (Lipinski definition) is 0. The molecule has 1 aliphatic heterocycles. The summed E-state index contributed by atoms with van der Waals surface area (Å²) in [5, 5.41) is -0.238. The molecule has 0 unspecified atom stereocenters. The summed E-state index contributed by atoms with van der Waals surface area (Å²) < 4.78 is 38.9. The van der Waals surface area contributed by atoms with Crippen molar-refractivity contribution in [3.63, 3.8) is 0 Å². The SMILES string of the molecule is COc1ccc([C@H]2SCCN2S(=O)(=O)c2cc(OC)c(C)cc2C)cc1. The predicted molar refractivity (Wildman–Crippen MR) is 105 cm³/mol. The van der Waals surface area contributed by atoms with Crippen LogP contribution in [0.25, 0.3) is 0 Å². The van der Waals surface area contributed by atoms with E-state index in [0.717, 1.165) is 28.2 Å². The Bertz CT molecular complexity index is 895. The smallest absolute Gasteiger partial charge is 0.244 e. The standard InChI is InChI=1S/C19H23NO4S2/c1-13-11-14(2)18(12-17(13)24-4)26(21,22)20-9-10-25-19(20)15-5-7-16(23-3)8-6-15/h5-8,11-12,19H,9-10H2,1-4H3/t19-/m1/s1. The highest BCUT2D eigenvalue weighted by Gasteiger charge is 2.37. The van der Waals surface area contributed by atoms with Crippen LogP contribution in [0.4, 0.5) is 0 Å². The molecule has 0 N–H and O–H groups in total. The van der Waals surface area contributed by atoms with Crippen molar-refractivity contribution in [3.8, 4) is 11.5 Å². The number of benzene rings is 2. The summed E-state index contributed by atoms with van der Waals surface area (Å²) >= 11 is 1.63. The number of aryl methyl sites for hydroxylation is 2. The van der Waals surface area contributed by atoms with Crippen LogP contribution >= 0.6 is 11.8 Å². The molecule has 0 bridgehead atoms. The number of rotatable bonds is 5. The number of thioether (sulfide) groups is 1. The lowest BCUT2D eigenvalue weighted by Crippen LogP contribution is -2.31. The van der Waals surface area contributed by atoms with Crippen molar-refractivity contribution in [2.45, 2.75) is 24.1 Å². The highest BCUT2D eigenvalue weighted by atomic mass is 32.2. The van der Waals surface area contributed by atoms with Crippen LogP contribution in [0.3, 0.4) is 0 Å². The highest BCUT2D eigenvalue weighted by Crippen LogP contribution is 2.42. The molecular formula is C19H23NO4S2. The van der Waals surface area contributed by atoms with Gasteiger partial charge < -0.3 is 9.47 Å². The Kier molecular flexibility index (Phi) is 5.50. The monoisotopic (exact) mass is 393 g/mol. The third kappa shape index (κ3) is 3.43. The Hall–Kier alpha value is -1.70. The van der Waals surface area contributed by atoms with Crippen LogP contribution in [0.15, 0.2) is 41.3 Å². The van der Waals surface area contributed by atoms with Gasteiger partial charge in [-0.15, -0.1) is 11.8 Å². The van der Waals surface area contributed by atoms with Crippen molar-refractivity contribution in [2.75, 3.05) is 26.5 Å². The van der Waals surface area contributed by atoms with E-state index in [1.165, 1.54) is 0 Å². The fourth-order valence-corrected chi connectivity index (χ4v) is 6.63. The Labute approximate surface area is 159 Å². The zero-order chi connectivity index (χ0) is 18.9. The first kappa shape index (κ1) is 19.1. The average Bonchev–Trinajstić information content (AvgIpc) is 3.12. The molecule has 1 atom stereocenters. The van der Waals surface area contributed by atoms with Crippen LogP contribution in [0.5, 0.6) is 11.5 Å². The minimum atomic E-state index is -3.63. The quantitative estimate of drug-likeness (QED) is 0.774. The van der Waals surface area contributed by atoms with Crippen molar-refractivity contribution in [2.24, 2.45) is 0 Å². The summed E-state index contributed by atoms with van der Waals surface area (Å²) in [5.41, 5.74) is 2.61. The maximum Gasteiger partial charge on any atom is 0.244 e. The van der Waals surface area contributed by atoms with Crippen LogP contribution < -0.4 is 9.47 Å². The van der Waals surface area contributed by atoms with Crippen LogP contribution in [0, 0.1) is 13.8 Å². The topological polar surface area (TPSA) is 55.8 Å². The molecule has 0 aromatic heterocycles. The zero-order valence-electron chi connectivity index (χ0n) is 15.4. The second-order valence-electron chi connectivity index (χ2n) is 6.20. The van der Waals surface area contributed by atoms with Gasteiger partial charge in [0, 0.05) is 18.4 Å². The van der Waals surface area contributed by atoms with Crippen LogP contribution in [-0.2, 0) is 10.0 Å². The minimum absolute atomic E-state index is 0.238. The van der Waals surface area contributed by atoms with E-state index in [9.17, 15) is 8.42 Å². The first-order valence-corrected chi connectivity index (χ1v) is 10.8. The molecule has 0 radical (unpaired) electrons. The summed E-state index contributed by atoms with van der Waals surface area (Å²) in [5.74, 6) is 2.10. The molecule has 0 amide bonds. The molecule has 0 aliphatic carbocycles. The molecule has 5 nitrogen and oxygen atoms in total. The summed E-state index contributed by atoms with van der Waals surface area (Å²) in [4.78, 5) is 0.306. The van der Waals surface area contributed by atoms with Gasteiger partial charge in [-0.05, 0) is 42.7 Å². The third-order valence-corrected chi connectivity index (χ3v) is 7.93. The fraction of sp³-hybridized carbons (Fsp3) is 0.368. The molecule has 3 rings (SSSR count). The van der Waals surface area contributed by atoms with E-state index in [2.05, 4.69) is 0 Å². The highest BCUT2D eigenvalue weighted by molar-refractivity contribution is 8.01. The molecule has 140 valence electrons. The summed E-state index contributed by atoms with van der Waals surface area (Å²) in [6, 6.07) is 11.1. The van der Waals surface area contributed by atoms with Crippen LogP contribution in [0.1, 0.15) is 22.1 Å². The fourth-order valence-electron chi connectivity index (χ4n) is 3.17. The average molecular weight is 394 g/mol. The maximum atomic E-state index is 13.4. The number of hydrogen-bond acceptors (Lipinski definition) is 5. The van der Waals surface area contributed by atoms with Crippen LogP contribution in [-0.4, -0.2) is 39.2 Å². The van der Waals surface area contributed by atoms with Gasteiger partial charge >= 0.3 is 0 Å². The first-order valence-electron chi connectivity index (χ1n) is 8.31. The third-order valence-electron chi connectivity index (χ3n) is 4.53. The number of methoxy groups -OCH3 is 2. The number of sulfonamides is 1. The van der Waals surface area contributed by atoms with Crippen molar-refractivity contribution >= 4 is 21.8 Å². The van der Waals surface area contributed by atoms with E-state index in [1.54, 1.807) is 36.4 Å². The molecule has 0 spiro atoms. The Morgan fingerprint density at radius 2 is 1.73 bits per heavy atom. The Morgan fingerprint density at radius 3 is 2.35 bits per heavy atom. The number of nitrogens with zero attached hydrogens (tertiary/aromatic N) is 1. The van der Waals surface area contributed by atoms with E-state index in [4.69, 9.17) is 9.47 Å². The summed E-state index contributed by atoms with van der Waals surface area (Å²) in [6.07, 6.45) is 0. The van der Waals surface area contributed by atoms with Crippen molar-refractivity contribution < 1.29 is 17.9 Å². The van der Waals surface area contributed by atoms with E-state index in [1.807, 2.05) is 44.2 Å². The van der Waals surface area contributed by atoms with Gasteiger partial charge in [0.1, 0.15) is 11.5 Å². The van der Waals surface area contributed by atoms with Gasteiger partial charge in [-0.25, -0.2) is 8.42 Å². The van der Waals surface area contributed by atoms with Gasteiger partial charge in [0.05, 0.1) is 24.5 Å². The molecule has 2 aromatic rings. The van der Waals surface area contributed by atoms with Gasteiger partial charge in [0.2, 0.25) is 10.0 Å². The van der Waals surface area contributed by atoms with Gasteiger partial charge in [0.15, 0.2) is 0 Å². The molecular weight excluding hydrogens is 370 g/mol. The lowest BCUT2D eigenvalue weighted by Gasteiger charge is -2.25. The largest absolute Gasteiger partial charge is 0.497 e. The normalized spacial score (nSPS) is 18.1. The molecule has 7 heteroatoms. The Balaban J connectivity index is 2.00. The maximum absolute atomic E-state index is 13.4. The van der Waals surface area contributed by atoms with Gasteiger partial charge in [-0.3, -0.25) is 0 Å². The van der Waals surface area contributed by atoms with Gasteiger partial charge in [-0.2, -0.15) is 4.31 Å². The van der Waals surface area contributed by atoms with E-state index >= 15 is 0 Å². The molecule has 1 saturated heterocycles. The second-order valence-corrected chi connectivity index (χ2v) is 9.25.